The molecule has 0 amide bonds. The summed E-state index contributed by atoms with van der Waals surface area (Å²) in [7, 11) is 0. The van der Waals surface area contributed by atoms with Crippen molar-refractivity contribution >= 4 is 0 Å². The molecule has 0 aromatic rings. The topological polar surface area (TPSA) is 21.3 Å². The highest BCUT2D eigenvalue weighted by molar-refractivity contribution is 5.08. The predicted octanol–water partition coefficient (Wildman–Crippen LogP) is -0.190. The van der Waals surface area contributed by atoms with Crippen molar-refractivity contribution in [2.75, 3.05) is 26.3 Å². The van der Waals surface area contributed by atoms with Gasteiger partial charge in [0.2, 0.25) is 0 Å². The average Bonchev–Trinajstić information content (AvgIpc) is 2.15. The smallest absolute Gasteiger partial charge is 0.0545 e. The Kier molecular flexibility index (Phi) is 1.02. The van der Waals surface area contributed by atoms with Crippen LogP contribution in [0.15, 0.2) is 0 Å². The van der Waals surface area contributed by atoms with Gasteiger partial charge >= 0.3 is 0 Å². The van der Waals surface area contributed by atoms with E-state index < -0.39 is 0 Å². The summed E-state index contributed by atoms with van der Waals surface area (Å²) in [6, 6.07) is 0. The molecule has 2 aliphatic rings. The molecule has 1 atom stereocenters. The van der Waals surface area contributed by atoms with Crippen LogP contribution < -0.4 is 5.32 Å². The van der Waals surface area contributed by atoms with Crippen LogP contribution >= 0.6 is 0 Å². The number of hydrogen-bond donors (Lipinski definition) is 1. The van der Waals surface area contributed by atoms with E-state index in [4.69, 9.17) is 4.74 Å². The average molecular weight is 112 g/mol. The van der Waals surface area contributed by atoms with Crippen LogP contribution in [-0.2, 0) is 4.74 Å². The molecule has 2 nitrogen and oxygen atoms in total. The fourth-order valence-electron chi connectivity index (χ4n) is 1.37. The Morgan fingerprint density at radius 1 is 1.62 bits per heavy atom. The molecule has 2 saturated heterocycles. The zero-order chi connectivity index (χ0) is 5.40. The molecule has 0 saturated carbocycles. The third-order valence-electron chi connectivity index (χ3n) is 1.93. The number of rotatable bonds is 0. The second kappa shape index (κ2) is 1.71. The van der Waals surface area contributed by atoms with E-state index in [9.17, 15) is 0 Å². The molecule has 8 heavy (non-hydrogen) atoms. The Morgan fingerprint density at radius 2 is 2.62 bits per heavy atom. The lowest BCUT2D eigenvalue weighted by atomic mass is 10.0. The first kappa shape index (κ1) is 4.77. The van der Waals surface area contributed by atoms with Gasteiger partial charge in [0.25, 0.3) is 0 Å². The lowest BCUT2D eigenvalue weighted by Crippen LogP contribution is -2.11. The van der Waals surface area contributed by atoms with E-state index in [-0.39, 0.29) is 0 Å². The number of fused-ring (bicyclic) bond motifs is 1. The van der Waals surface area contributed by atoms with E-state index in [1.54, 1.807) is 5.92 Å². The monoisotopic (exact) mass is 112 g/mol. The summed E-state index contributed by atoms with van der Waals surface area (Å²) in [6.45, 7) is 4.12. The van der Waals surface area contributed by atoms with Crippen LogP contribution in [0.3, 0.4) is 0 Å². The van der Waals surface area contributed by atoms with Crippen LogP contribution in [0.1, 0.15) is 0 Å². The summed E-state index contributed by atoms with van der Waals surface area (Å²) in [5.74, 6) is 2.33. The summed E-state index contributed by atoms with van der Waals surface area (Å²) in [4.78, 5) is 0. The summed E-state index contributed by atoms with van der Waals surface area (Å²) < 4.78 is 5.23. The summed E-state index contributed by atoms with van der Waals surface area (Å²) in [5, 5.41) is 3.31. The Morgan fingerprint density at radius 3 is 3.50 bits per heavy atom. The highest BCUT2D eigenvalue weighted by atomic mass is 16.5. The lowest BCUT2D eigenvalue weighted by molar-refractivity contribution is 0.183. The summed E-state index contributed by atoms with van der Waals surface area (Å²) in [5.41, 5.74) is 0. The molecule has 1 N–H and O–H groups in total. The Labute approximate surface area is 49.2 Å². The van der Waals surface area contributed by atoms with Gasteiger partial charge in [0, 0.05) is 24.9 Å². The third-order valence-corrected chi connectivity index (χ3v) is 1.93. The molecule has 0 spiro atoms. The molecule has 2 rings (SSSR count). The first-order chi connectivity index (χ1) is 3.97. The van der Waals surface area contributed by atoms with E-state index in [1.165, 1.54) is 0 Å². The van der Waals surface area contributed by atoms with Crippen molar-refractivity contribution in [3.8, 4) is 0 Å². The van der Waals surface area contributed by atoms with E-state index in [2.05, 4.69) is 5.32 Å². The van der Waals surface area contributed by atoms with Crippen LogP contribution in [0.5, 0.6) is 0 Å². The molecular formula is C6H10NO. The van der Waals surface area contributed by atoms with Crippen molar-refractivity contribution in [1.82, 2.24) is 5.32 Å². The molecule has 1 radical (unpaired) electrons. The quantitative estimate of drug-likeness (QED) is 0.469. The molecule has 1 unspecified atom stereocenters. The van der Waals surface area contributed by atoms with Crippen LogP contribution in [-0.4, -0.2) is 26.3 Å². The zero-order valence-electron chi connectivity index (χ0n) is 4.81. The number of hydrogen-bond acceptors (Lipinski definition) is 2. The fraction of sp³-hybridized carbons (Fsp3) is 0.833. The highest BCUT2D eigenvalue weighted by Crippen LogP contribution is 2.24. The van der Waals surface area contributed by atoms with Crippen LogP contribution in [0, 0.1) is 11.8 Å². The van der Waals surface area contributed by atoms with E-state index in [0.29, 0.717) is 0 Å². The van der Waals surface area contributed by atoms with Gasteiger partial charge in [0.05, 0.1) is 13.2 Å². The maximum atomic E-state index is 5.23. The molecule has 2 heteroatoms. The SMILES string of the molecule is C1NCC2COC[C]12. The van der Waals surface area contributed by atoms with E-state index in [0.717, 1.165) is 32.2 Å². The van der Waals surface area contributed by atoms with Crippen molar-refractivity contribution in [2.24, 2.45) is 5.92 Å². The molecule has 0 aromatic carbocycles. The van der Waals surface area contributed by atoms with Gasteiger partial charge in [-0.15, -0.1) is 0 Å². The van der Waals surface area contributed by atoms with Gasteiger partial charge in [-0.1, -0.05) is 0 Å². The van der Waals surface area contributed by atoms with Gasteiger partial charge in [-0.3, -0.25) is 0 Å². The van der Waals surface area contributed by atoms with Crippen molar-refractivity contribution in [2.45, 2.75) is 0 Å². The third kappa shape index (κ3) is 0.565. The summed E-state index contributed by atoms with van der Waals surface area (Å²) >= 11 is 0. The van der Waals surface area contributed by atoms with Crippen molar-refractivity contribution < 1.29 is 4.74 Å². The van der Waals surface area contributed by atoms with Gasteiger partial charge in [-0.05, 0) is 0 Å². The number of nitrogens with one attached hydrogen (secondary N) is 1. The summed E-state index contributed by atoms with van der Waals surface area (Å²) in [6.07, 6.45) is 0. The van der Waals surface area contributed by atoms with E-state index in [1.807, 2.05) is 0 Å². The van der Waals surface area contributed by atoms with Gasteiger partial charge < -0.3 is 10.1 Å². The van der Waals surface area contributed by atoms with Gasteiger partial charge in [0.15, 0.2) is 0 Å². The van der Waals surface area contributed by atoms with E-state index >= 15 is 0 Å². The molecule has 0 bridgehead atoms. The Hall–Kier alpha value is -0.0800. The minimum absolute atomic E-state index is 0.759. The van der Waals surface area contributed by atoms with Crippen LogP contribution in [0.25, 0.3) is 0 Å². The largest absolute Gasteiger partial charge is 0.380 e. The Bertz CT molecular complexity index is 74.5. The zero-order valence-corrected chi connectivity index (χ0v) is 4.81. The molecule has 2 aliphatic heterocycles. The predicted molar refractivity (Wildman–Crippen MR) is 30.4 cm³/mol. The standard InChI is InChI=1S/C6H10NO/c1-5-3-8-4-6(5)2-7-1/h5,7H,1-4H2. The molecule has 45 valence electrons. The van der Waals surface area contributed by atoms with Crippen LogP contribution in [0.4, 0.5) is 0 Å². The first-order valence-electron chi connectivity index (χ1n) is 3.10. The van der Waals surface area contributed by atoms with Gasteiger partial charge in [-0.2, -0.15) is 0 Å². The van der Waals surface area contributed by atoms with Gasteiger partial charge in [-0.25, -0.2) is 0 Å². The second-order valence-corrected chi connectivity index (χ2v) is 2.50. The maximum Gasteiger partial charge on any atom is 0.0545 e. The molecular weight excluding hydrogens is 102 g/mol. The van der Waals surface area contributed by atoms with Crippen molar-refractivity contribution in [1.29, 1.82) is 0 Å². The minimum atomic E-state index is 0.759. The molecule has 2 heterocycles. The first-order valence-corrected chi connectivity index (χ1v) is 3.10. The normalized spacial score (nSPS) is 38.2. The highest BCUT2D eigenvalue weighted by Gasteiger charge is 2.32. The maximum absolute atomic E-state index is 5.23. The molecule has 0 aliphatic carbocycles. The molecule has 2 fully saturated rings. The van der Waals surface area contributed by atoms with Gasteiger partial charge in [0.1, 0.15) is 0 Å². The second-order valence-electron chi connectivity index (χ2n) is 2.50. The van der Waals surface area contributed by atoms with Crippen molar-refractivity contribution in [3.05, 3.63) is 5.92 Å². The van der Waals surface area contributed by atoms with Crippen molar-refractivity contribution in [3.63, 3.8) is 0 Å². The fourth-order valence-corrected chi connectivity index (χ4v) is 1.37. The Balaban J connectivity index is 2.04. The van der Waals surface area contributed by atoms with Crippen LogP contribution in [0.2, 0.25) is 0 Å². The number of ether oxygens (including phenoxy) is 1. The lowest BCUT2D eigenvalue weighted by Gasteiger charge is -1.98. The molecule has 0 aromatic heterocycles. The minimum Gasteiger partial charge on any atom is -0.380 e.